The van der Waals surface area contributed by atoms with Crippen LogP contribution >= 0.6 is 0 Å². The number of cyclic esters (lactones) is 1. The molecule has 12 fully saturated rings. The first-order valence-corrected chi connectivity index (χ1v) is 47.7. The molecule has 14 aliphatic rings. The Balaban J connectivity index is 0.000000151. The monoisotopic (exact) mass is 1600 g/mol. The molecule has 0 radical (unpaired) electrons. The van der Waals surface area contributed by atoms with E-state index in [0.717, 1.165) is 144 Å². The van der Waals surface area contributed by atoms with E-state index in [1.54, 1.807) is 0 Å². The van der Waals surface area contributed by atoms with Crippen molar-refractivity contribution >= 4 is 48.8 Å². The SMILES string of the molecule is CC(C)CCC[C@@H](C)[C@H]1CCC2C3C(C=O)=C4C=CCC[C@]4(C)C3CC[C@@]21C.CC(C)CCC[C@@H](C)[C@H]1CCC2[C@H](CC=O)C([C@@]3(C)CCCCC(=O)O3)CC[C@@]21C.C[C@H](CCC(=O)O)[C@H]1CCC2C(C=O)C([C@@]3(C)CC[C@H](O)CC3=O)CC[C@@]21C.C[C@H](CCC(=O)O)[C@H]1CCC2C3C(CC[C@@]21C)[C@@]1(C)CC[C@H](O)C[C@@]1(O)[C@@H]3C=O. The molecule has 0 aromatic heterocycles. The first kappa shape index (κ1) is 91.9. The minimum absolute atomic E-state index is 0.0312. The average Bonchev–Trinajstić information content (AvgIpc) is 1.52. The van der Waals surface area contributed by atoms with E-state index in [9.17, 15) is 53.7 Å². The number of carboxylic acid groups (broad SMARTS) is 2. The van der Waals surface area contributed by atoms with E-state index in [2.05, 4.69) is 116 Å². The van der Waals surface area contributed by atoms with Gasteiger partial charge in [-0.3, -0.25) is 24.0 Å². The Hall–Kier alpha value is -3.88. The molecule has 0 bridgehead atoms. The minimum atomic E-state index is -1.10. The molecule has 650 valence electrons. The van der Waals surface area contributed by atoms with Gasteiger partial charge in [0.15, 0.2) is 0 Å². The van der Waals surface area contributed by atoms with Crippen LogP contribution in [0.15, 0.2) is 23.3 Å². The average molecular weight is 1600 g/mol. The lowest BCUT2D eigenvalue weighted by molar-refractivity contribution is -0.173. The number of aliphatic carboxylic acids is 2. The molecule has 1 heterocycles. The van der Waals surface area contributed by atoms with Crippen molar-refractivity contribution in [3.63, 3.8) is 0 Å². The van der Waals surface area contributed by atoms with Crippen LogP contribution in [0.2, 0.25) is 0 Å². The van der Waals surface area contributed by atoms with Gasteiger partial charge in [0.2, 0.25) is 0 Å². The number of carbonyl (C=O) groups excluding carboxylic acids is 6. The number of fused-ring (bicyclic) bond motifs is 12. The Kier molecular flexibility index (Phi) is 29.3. The summed E-state index contributed by atoms with van der Waals surface area (Å²) < 4.78 is 6.09. The summed E-state index contributed by atoms with van der Waals surface area (Å²) in [6, 6.07) is 0. The Morgan fingerprint density at radius 1 is 0.504 bits per heavy atom. The number of rotatable bonds is 25. The molecule has 14 heteroatoms. The fourth-order valence-electron chi connectivity index (χ4n) is 32.3. The standard InChI is InChI=1S/C27H46O3.C27H42O.C24H38O5.C23H36O5/c1-19(2)9-8-10-20(3)22-12-13-23-21(15-18-28)24(14-17-26(22,23)4)27(5)16-7-6-11-25(29)30-27;1-18(2)9-8-10-19(3)21-12-13-23-25-20(17-28)22-11-6-7-15-26(22,4)24(25)14-16-27(21,23)5;1-14(4-7-20(27)28)16-5-6-17-21-18(9-10-22(16,17)2)23(3)11-8-15(26)12-24(23,29)19(21)13-25;1-14(4-7-21(27)28)17-5-6-18-16(13-24)19(9-11-22(17,18)2)23(3)10-8-15(25)12-20(23)26/h18-24H,6-17H2,1-5H3;6,11,17-19,21,23-25H,7-10,12-16H2,1-5H3;13-19,21,26,29H,4-12H2,1-3H3,(H,27,28);13-19,25H,4-12H2,1-3H3,(H,27,28)/t20-,21+,22-,23?,24?,26-,27-;19-,21-,23?,24?,25?,26+,27-;14-,15+,16-,17?,18?,19-,21?,22-,23-,24-;14-,15+,16?,17-,18?,19?,22-,23-/m1111/s1. The van der Waals surface area contributed by atoms with Gasteiger partial charge in [-0.1, -0.05) is 155 Å². The molecular formula is C101H162O14. The first-order chi connectivity index (χ1) is 54.2. The summed E-state index contributed by atoms with van der Waals surface area (Å²) in [6.45, 7) is 37.4. The second-order valence-corrected chi connectivity index (χ2v) is 45.0. The third-order valence-electron chi connectivity index (χ3n) is 38.6. The maximum atomic E-state index is 12.8. The van der Waals surface area contributed by atoms with Crippen LogP contribution in [-0.4, -0.2) is 97.8 Å². The lowest BCUT2D eigenvalue weighted by Gasteiger charge is -2.53. The Morgan fingerprint density at radius 2 is 1.00 bits per heavy atom. The smallest absolute Gasteiger partial charge is 0.306 e. The summed E-state index contributed by atoms with van der Waals surface area (Å²) >= 11 is 0. The Bertz CT molecular complexity index is 3460. The molecule has 5 N–H and O–H groups in total. The lowest BCUT2D eigenvalue weighted by Crippen LogP contribution is -2.54. The number of carboxylic acids is 2. The van der Waals surface area contributed by atoms with Gasteiger partial charge in [0, 0.05) is 67.1 Å². The number of ether oxygens (including phenoxy) is 1. The van der Waals surface area contributed by atoms with E-state index in [4.69, 9.17) is 14.9 Å². The molecular weight excluding hydrogens is 1440 g/mol. The number of hydrogen-bond donors (Lipinski definition) is 5. The molecule has 13 aliphatic carbocycles. The summed E-state index contributed by atoms with van der Waals surface area (Å²) in [5, 5.41) is 50.1. The maximum Gasteiger partial charge on any atom is 0.306 e. The van der Waals surface area contributed by atoms with Crippen molar-refractivity contribution in [3.8, 4) is 0 Å². The maximum absolute atomic E-state index is 12.8. The highest BCUT2D eigenvalue weighted by Crippen LogP contribution is 2.75. The Labute approximate surface area is 695 Å². The zero-order chi connectivity index (χ0) is 83.9. The van der Waals surface area contributed by atoms with E-state index < -0.39 is 41.1 Å². The van der Waals surface area contributed by atoms with Crippen molar-refractivity contribution in [1.82, 2.24) is 0 Å². The number of allylic oxidation sites excluding steroid dienone is 4. The number of aldehydes is 4. The molecule has 0 spiro atoms. The van der Waals surface area contributed by atoms with E-state index in [1.807, 2.05) is 6.92 Å². The van der Waals surface area contributed by atoms with Crippen molar-refractivity contribution in [2.45, 2.75) is 385 Å². The van der Waals surface area contributed by atoms with Crippen molar-refractivity contribution in [2.24, 2.45) is 174 Å². The van der Waals surface area contributed by atoms with E-state index >= 15 is 0 Å². The molecule has 0 aromatic rings. The third-order valence-corrected chi connectivity index (χ3v) is 38.6. The van der Waals surface area contributed by atoms with Gasteiger partial charge in [-0.05, 0) is 337 Å². The number of carbonyl (C=O) groups is 8. The van der Waals surface area contributed by atoms with Crippen LogP contribution in [0, 0.1) is 174 Å². The molecule has 0 amide bonds. The topological polar surface area (TPSA) is 247 Å². The van der Waals surface area contributed by atoms with Gasteiger partial charge < -0.3 is 44.7 Å². The van der Waals surface area contributed by atoms with Crippen molar-refractivity contribution in [3.05, 3.63) is 23.3 Å². The number of aliphatic hydroxyl groups is 3. The van der Waals surface area contributed by atoms with Crippen LogP contribution < -0.4 is 0 Å². The summed E-state index contributed by atoms with van der Waals surface area (Å²) in [5.74, 6) is 9.08. The fourth-order valence-corrected chi connectivity index (χ4v) is 32.3. The summed E-state index contributed by atoms with van der Waals surface area (Å²) in [7, 11) is 0. The molecule has 0 aromatic carbocycles. The summed E-state index contributed by atoms with van der Waals surface area (Å²) in [4.78, 5) is 95.8. The van der Waals surface area contributed by atoms with Crippen LogP contribution in [0.4, 0.5) is 0 Å². The van der Waals surface area contributed by atoms with Crippen molar-refractivity contribution in [1.29, 1.82) is 0 Å². The van der Waals surface area contributed by atoms with Crippen molar-refractivity contribution < 1.29 is 68.6 Å². The lowest BCUT2D eigenvalue weighted by atomic mass is 9.50. The largest absolute Gasteiger partial charge is 0.481 e. The highest BCUT2D eigenvalue weighted by atomic mass is 16.6. The van der Waals surface area contributed by atoms with E-state index in [0.29, 0.717) is 127 Å². The van der Waals surface area contributed by atoms with Gasteiger partial charge in [-0.2, -0.15) is 0 Å². The summed E-state index contributed by atoms with van der Waals surface area (Å²) in [6.07, 6.45) is 46.5. The van der Waals surface area contributed by atoms with Crippen LogP contribution in [0.25, 0.3) is 0 Å². The molecule has 14 nitrogen and oxygen atoms in total. The van der Waals surface area contributed by atoms with Gasteiger partial charge in [0.05, 0.1) is 17.8 Å². The number of Topliss-reactive ketones (excluding diaryl/α,β-unsaturated/α-hetero) is 1. The van der Waals surface area contributed by atoms with Gasteiger partial charge in [-0.15, -0.1) is 0 Å². The number of esters is 1. The minimum Gasteiger partial charge on any atom is -0.481 e. The molecule has 11 saturated carbocycles. The van der Waals surface area contributed by atoms with Gasteiger partial charge >= 0.3 is 17.9 Å². The molecule has 32 atom stereocenters. The van der Waals surface area contributed by atoms with Crippen LogP contribution in [0.5, 0.6) is 0 Å². The highest BCUT2D eigenvalue weighted by Gasteiger charge is 2.73. The quantitative estimate of drug-likeness (QED) is 0.0422. The normalized spacial score (nSPS) is 45.1. The predicted octanol–water partition coefficient (Wildman–Crippen LogP) is 21.9. The zero-order valence-electron chi connectivity index (χ0n) is 74.9. The molecule has 11 unspecified atom stereocenters. The molecule has 115 heavy (non-hydrogen) atoms. The predicted molar refractivity (Wildman–Crippen MR) is 455 cm³/mol. The molecule has 14 rings (SSSR count). The van der Waals surface area contributed by atoms with Gasteiger partial charge in [0.1, 0.15) is 36.5 Å². The van der Waals surface area contributed by atoms with Crippen LogP contribution in [0.3, 0.4) is 0 Å². The van der Waals surface area contributed by atoms with E-state index in [-0.39, 0.29) is 81.9 Å². The fraction of sp³-hybridized carbons (Fsp3) is 0.881. The first-order valence-electron chi connectivity index (χ1n) is 47.7. The van der Waals surface area contributed by atoms with Gasteiger partial charge in [-0.25, -0.2) is 0 Å². The second kappa shape index (κ2) is 36.7. The zero-order valence-corrected chi connectivity index (χ0v) is 74.9. The number of aliphatic hydroxyl groups excluding tert-OH is 2. The van der Waals surface area contributed by atoms with Crippen LogP contribution in [0.1, 0.15) is 361 Å². The molecule has 1 saturated heterocycles. The summed E-state index contributed by atoms with van der Waals surface area (Å²) in [5.41, 5.74) is 1.55. The van der Waals surface area contributed by atoms with Crippen molar-refractivity contribution in [2.75, 3.05) is 0 Å². The van der Waals surface area contributed by atoms with E-state index in [1.165, 1.54) is 114 Å². The number of ketones is 1. The third kappa shape index (κ3) is 17.4. The Morgan fingerprint density at radius 3 is 1.53 bits per heavy atom. The van der Waals surface area contributed by atoms with Gasteiger partial charge in [0.25, 0.3) is 0 Å². The number of hydrogen-bond acceptors (Lipinski definition) is 12. The highest BCUT2D eigenvalue weighted by molar-refractivity contribution is 5.86. The van der Waals surface area contributed by atoms with Crippen LogP contribution in [-0.2, 0) is 43.1 Å². The second-order valence-electron chi connectivity index (χ2n) is 45.0. The molecule has 1 aliphatic heterocycles.